The number of hydrogen-bond donors (Lipinski definition) is 1. The van der Waals surface area contributed by atoms with E-state index in [1.807, 2.05) is 6.07 Å². The fourth-order valence-electron chi connectivity index (χ4n) is 1.84. The minimum atomic E-state index is 0.509. The van der Waals surface area contributed by atoms with Crippen molar-refractivity contribution in [1.29, 1.82) is 0 Å². The lowest BCUT2D eigenvalue weighted by atomic mass is 10.0. The van der Waals surface area contributed by atoms with Gasteiger partial charge in [0.05, 0.1) is 0 Å². The second kappa shape index (κ2) is 8.15. The van der Waals surface area contributed by atoms with Crippen LogP contribution in [-0.2, 0) is 0 Å². The molecule has 0 heterocycles. The van der Waals surface area contributed by atoms with Gasteiger partial charge >= 0.3 is 0 Å². The van der Waals surface area contributed by atoms with Crippen molar-refractivity contribution in [1.82, 2.24) is 5.32 Å². The standard InChI is InChI=1S/C16H27NO/c1-13(2)9-10-17-11-12-18-16-8-6-5-7-15(16)14(3)4/h5-8,13-14,17H,9-12H2,1-4H3. The third-order valence-corrected chi connectivity index (χ3v) is 2.98. The Morgan fingerprint density at radius 2 is 1.78 bits per heavy atom. The molecule has 0 unspecified atom stereocenters. The van der Waals surface area contributed by atoms with Crippen LogP contribution in [0.15, 0.2) is 24.3 Å². The Labute approximate surface area is 112 Å². The number of hydrogen-bond acceptors (Lipinski definition) is 2. The Hall–Kier alpha value is -1.02. The molecular formula is C16H27NO. The van der Waals surface area contributed by atoms with Crippen LogP contribution in [0, 0.1) is 5.92 Å². The smallest absolute Gasteiger partial charge is 0.122 e. The summed E-state index contributed by atoms with van der Waals surface area (Å²) in [4.78, 5) is 0. The normalized spacial score (nSPS) is 11.2. The van der Waals surface area contributed by atoms with Crippen molar-refractivity contribution in [3.8, 4) is 5.75 Å². The van der Waals surface area contributed by atoms with Gasteiger partial charge in [-0.15, -0.1) is 0 Å². The van der Waals surface area contributed by atoms with Gasteiger partial charge in [-0.2, -0.15) is 0 Å². The molecule has 0 radical (unpaired) electrons. The zero-order chi connectivity index (χ0) is 13.4. The van der Waals surface area contributed by atoms with Crippen molar-refractivity contribution >= 4 is 0 Å². The van der Waals surface area contributed by atoms with Crippen molar-refractivity contribution in [3.05, 3.63) is 29.8 Å². The van der Waals surface area contributed by atoms with Crippen molar-refractivity contribution < 1.29 is 4.74 Å². The molecule has 0 aromatic heterocycles. The second-order valence-electron chi connectivity index (χ2n) is 5.47. The van der Waals surface area contributed by atoms with Gasteiger partial charge in [-0.05, 0) is 36.4 Å². The van der Waals surface area contributed by atoms with Crippen LogP contribution in [0.25, 0.3) is 0 Å². The number of rotatable bonds is 8. The Kier molecular flexibility index (Phi) is 6.81. The van der Waals surface area contributed by atoms with E-state index in [1.165, 1.54) is 12.0 Å². The first-order valence-corrected chi connectivity index (χ1v) is 7.03. The topological polar surface area (TPSA) is 21.3 Å². The molecule has 1 aromatic rings. The van der Waals surface area contributed by atoms with Crippen molar-refractivity contribution in [2.75, 3.05) is 19.7 Å². The minimum Gasteiger partial charge on any atom is -0.492 e. The molecule has 1 aromatic carbocycles. The van der Waals surface area contributed by atoms with Gasteiger partial charge in [0.2, 0.25) is 0 Å². The first-order chi connectivity index (χ1) is 8.61. The van der Waals surface area contributed by atoms with Crippen molar-refractivity contribution in [2.24, 2.45) is 5.92 Å². The van der Waals surface area contributed by atoms with E-state index in [1.54, 1.807) is 0 Å². The molecule has 1 rings (SSSR count). The lowest BCUT2D eigenvalue weighted by Gasteiger charge is -2.14. The summed E-state index contributed by atoms with van der Waals surface area (Å²) >= 11 is 0. The zero-order valence-electron chi connectivity index (χ0n) is 12.2. The molecule has 0 aliphatic rings. The predicted molar refractivity (Wildman–Crippen MR) is 78.4 cm³/mol. The SMILES string of the molecule is CC(C)CCNCCOc1ccccc1C(C)C. The summed E-state index contributed by atoms with van der Waals surface area (Å²) in [7, 11) is 0. The quantitative estimate of drug-likeness (QED) is 0.707. The van der Waals surface area contributed by atoms with Gasteiger partial charge in [0.1, 0.15) is 12.4 Å². The highest BCUT2D eigenvalue weighted by Crippen LogP contribution is 2.25. The summed E-state index contributed by atoms with van der Waals surface area (Å²) in [5.41, 5.74) is 1.29. The average molecular weight is 249 g/mol. The highest BCUT2D eigenvalue weighted by atomic mass is 16.5. The highest BCUT2D eigenvalue weighted by molar-refractivity contribution is 5.35. The summed E-state index contributed by atoms with van der Waals surface area (Å²) in [5.74, 6) is 2.30. The fraction of sp³-hybridized carbons (Fsp3) is 0.625. The third-order valence-electron chi connectivity index (χ3n) is 2.98. The first-order valence-electron chi connectivity index (χ1n) is 7.03. The van der Waals surface area contributed by atoms with E-state index in [0.717, 1.165) is 31.4 Å². The van der Waals surface area contributed by atoms with E-state index in [-0.39, 0.29) is 0 Å². The van der Waals surface area contributed by atoms with Gasteiger partial charge < -0.3 is 10.1 Å². The Balaban J connectivity index is 2.27. The summed E-state index contributed by atoms with van der Waals surface area (Å²) in [6, 6.07) is 8.31. The number of benzene rings is 1. The lowest BCUT2D eigenvalue weighted by molar-refractivity contribution is 0.308. The summed E-state index contributed by atoms with van der Waals surface area (Å²) in [5, 5.41) is 3.41. The molecule has 102 valence electrons. The van der Waals surface area contributed by atoms with E-state index in [4.69, 9.17) is 4.74 Å². The molecule has 0 bridgehead atoms. The molecule has 1 N–H and O–H groups in total. The number of nitrogens with one attached hydrogen (secondary N) is 1. The van der Waals surface area contributed by atoms with Crippen molar-refractivity contribution in [2.45, 2.75) is 40.0 Å². The first kappa shape index (κ1) is 15.0. The largest absolute Gasteiger partial charge is 0.492 e. The molecule has 0 amide bonds. The van der Waals surface area contributed by atoms with E-state index < -0.39 is 0 Å². The summed E-state index contributed by atoms with van der Waals surface area (Å²) < 4.78 is 5.84. The van der Waals surface area contributed by atoms with E-state index in [2.05, 4.69) is 51.2 Å². The predicted octanol–water partition coefficient (Wildman–Crippen LogP) is 3.82. The monoisotopic (exact) mass is 249 g/mol. The fourth-order valence-corrected chi connectivity index (χ4v) is 1.84. The van der Waals surface area contributed by atoms with Gasteiger partial charge in [0.25, 0.3) is 0 Å². The number of ether oxygens (including phenoxy) is 1. The molecule has 18 heavy (non-hydrogen) atoms. The molecule has 2 heteroatoms. The second-order valence-corrected chi connectivity index (χ2v) is 5.47. The Morgan fingerprint density at radius 3 is 2.44 bits per heavy atom. The van der Waals surface area contributed by atoms with Gasteiger partial charge in [-0.3, -0.25) is 0 Å². The van der Waals surface area contributed by atoms with Crippen LogP contribution in [-0.4, -0.2) is 19.7 Å². The van der Waals surface area contributed by atoms with Gasteiger partial charge in [0, 0.05) is 6.54 Å². The number of para-hydroxylation sites is 1. The van der Waals surface area contributed by atoms with Crippen LogP contribution < -0.4 is 10.1 Å². The van der Waals surface area contributed by atoms with Gasteiger partial charge in [-0.1, -0.05) is 45.9 Å². The average Bonchev–Trinajstić information content (AvgIpc) is 2.33. The van der Waals surface area contributed by atoms with Crippen LogP contribution in [0.2, 0.25) is 0 Å². The lowest BCUT2D eigenvalue weighted by Crippen LogP contribution is -2.23. The third kappa shape index (κ3) is 5.54. The zero-order valence-corrected chi connectivity index (χ0v) is 12.2. The van der Waals surface area contributed by atoms with Crippen LogP contribution in [0.3, 0.4) is 0 Å². The Bertz CT molecular complexity index is 334. The summed E-state index contributed by atoms with van der Waals surface area (Å²) in [6.07, 6.45) is 1.22. The molecule has 0 atom stereocenters. The summed E-state index contributed by atoms with van der Waals surface area (Å²) in [6.45, 7) is 11.6. The molecule has 0 saturated carbocycles. The van der Waals surface area contributed by atoms with E-state index >= 15 is 0 Å². The van der Waals surface area contributed by atoms with Crippen LogP contribution in [0.5, 0.6) is 5.75 Å². The van der Waals surface area contributed by atoms with E-state index in [9.17, 15) is 0 Å². The minimum absolute atomic E-state index is 0.509. The van der Waals surface area contributed by atoms with Crippen LogP contribution >= 0.6 is 0 Å². The van der Waals surface area contributed by atoms with Gasteiger partial charge in [-0.25, -0.2) is 0 Å². The maximum atomic E-state index is 5.84. The molecule has 0 fully saturated rings. The molecular weight excluding hydrogens is 222 g/mol. The molecule has 0 aliphatic heterocycles. The van der Waals surface area contributed by atoms with Crippen LogP contribution in [0.1, 0.15) is 45.6 Å². The van der Waals surface area contributed by atoms with E-state index in [0.29, 0.717) is 5.92 Å². The molecule has 0 aliphatic carbocycles. The maximum absolute atomic E-state index is 5.84. The maximum Gasteiger partial charge on any atom is 0.122 e. The molecule has 0 saturated heterocycles. The molecule has 0 spiro atoms. The highest BCUT2D eigenvalue weighted by Gasteiger charge is 2.06. The van der Waals surface area contributed by atoms with Crippen molar-refractivity contribution in [3.63, 3.8) is 0 Å². The molecule has 2 nitrogen and oxygen atoms in total. The van der Waals surface area contributed by atoms with Gasteiger partial charge in [0.15, 0.2) is 0 Å². The van der Waals surface area contributed by atoms with Crippen LogP contribution in [0.4, 0.5) is 0 Å². The Morgan fingerprint density at radius 1 is 1.06 bits per heavy atom.